The lowest BCUT2D eigenvalue weighted by molar-refractivity contribution is -0.140. The van der Waals surface area contributed by atoms with E-state index in [1.54, 1.807) is 0 Å². The molecular weight excluding hydrogens is 278 g/mol. The molecule has 0 aliphatic heterocycles. The van der Waals surface area contributed by atoms with Crippen molar-refractivity contribution in [3.05, 3.63) is 35.9 Å². The SMILES string of the molecule is COC(=O)CCC(C)CC(C)CCNOCc1ccccc1. The fraction of sp³-hybridized carbons (Fsp3) is 0.611. The minimum absolute atomic E-state index is 0.115. The largest absolute Gasteiger partial charge is 0.469 e. The first-order valence-corrected chi connectivity index (χ1v) is 8.07. The number of carbonyl (C=O) groups excluding carboxylic acids is 1. The van der Waals surface area contributed by atoms with E-state index >= 15 is 0 Å². The van der Waals surface area contributed by atoms with Crippen LogP contribution in [0.4, 0.5) is 0 Å². The molecule has 0 aromatic heterocycles. The van der Waals surface area contributed by atoms with E-state index in [1.807, 2.05) is 30.3 Å². The topological polar surface area (TPSA) is 47.6 Å². The highest BCUT2D eigenvalue weighted by atomic mass is 16.6. The Labute approximate surface area is 134 Å². The van der Waals surface area contributed by atoms with Crippen LogP contribution in [-0.2, 0) is 21.0 Å². The van der Waals surface area contributed by atoms with Gasteiger partial charge in [0, 0.05) is 13.0 Å². The molecule has 0 radical (unpaired) electrons. The fourth-order valence-corrected chi connectivity index (χ4v) is 2.47. The van der Waals surface area contributed by atoms with Gasteiger partial charge in [0.25, 0.3) is 0 Å². The molecule has 4 heteroatoms. The van der Waals surface area contributed by atoms with Gasteiger partial charge < -0.3 is 4.74 Å². The number of hydroxylamine groups is 1. The average Bonchev–Trinajstić information content (AvgIpc) is 2.53. The number of carbonyl (C=O) groups is 1. The van der Waals surface area contributed by atoms with Crippen molar-refractivity contribution in [1.82, 2.24) is 5.48 Å². The summed E-state index contributed by atoms with van der Waals surface area (Å²) < 4.78 is 4.67. The normalized spacial score (nSPS) is 13.6. The number of hydrogen-bond acceptors (Lipinski definition) is 4. The van der Waals surface area contributed by atoms with E-state index in [0.29, 0.717) is 24.9 Å². The van der Waals surface area contributed by atoms with Gasteiger partial charge in [0.1, 0.15) is 0 Å². The maximum absolute atomic E-state index is 11.1. The Morgan fingerprint density at radius 1 is 1.14 bits per heavy atom. The van der Waals surface area contributed by atoms with Gasteiger partial charge in [-0.3, -0.25) is 9.63 Å². The molecule has 0 heterocycles. The highest BCUT2D eigenvalue weighted by Gasteiger charge is 2.11. The second-order valence-electron chi connectivity index (χ2n) is 6.02. The van der Waals surface area contributed by atoms with E-state index in [-0.39, 0.29) is 5.97 Å². The summed E-state index contributed by atoms with van der Waals surface area (Å²) in [6.45, 7) is 5.87. The summed E-state index contributed by atoms with van der Waals surface area (Å²) in [6.07, 6.45) is 3.60. The van der Waals surface area contributed by atoms with Crippen LogP contribution in [0.3, 0.4) is 0 Å². The molecule has 0 aliphatic rings. The fourth-order valence-electron chi connectivity index (χ4n) is 2.47. The molecule has 2 unspecified atom stereocenters. The van der Waals surface area contributed by atoms with E-state index in [2.05, 4.69) is 24.1 Å². The number of nitrogens with one attached hydrogen (secondary N) is 1. The van der Waals surface area contributed by atoms with Crippen LogP contribution in [0.5, 0.6) is 0 Å². The minimum Gasteiger partial charge on any atom is -0.469 e. The van der Waals surface area contributed by atoms with Crippen LogP contribution in [-0.4, -0.2) is 19.6 Å². The molecule has 2 atom stereocenters. The van der Waals surface area contributed by atoms with Gasteiger partial charge in [-0.15, -0.1) is 0 Å². The lowest BCUT2D eigenvalue weighted by Gasteiger charge is -2.17. The molecule has 4 nitrogen and oxygen atoms in total. The molecule has 0 saturated carbocycles. The zero-order chi connectivity index (χ0) is 16.2. The average molecular weight is 307 g/mol. The molecular formula is C18H29NO3. The molecule has 0 saturated heterocycles. The van der Waals surface area contributed by atoms with Crippen LogP contribution in [0.2, 0.25) is 0 Å². The van der Waals surface area contributed by atoms with Gasteiger partial charge in [0.2, 0.25) is 0 Å². The quantitative estimate of drug-likeness (QED) is 0.384. The van der Waals surface area contributed by atoms with E-state index in [4.69, 9.17) is 4.84 Å². The van der Waals surface area contributed by atoms with Crippen LogP contribution in [0.1, 0.15) is 45.1 Å². The summed E-state index contributed by atoms with van der Waals surface area (Å²) >= 11 is 0. The molecule has 124 valence electrons. The van der Waals surface area contributed by atoms with Crippen molar-refractivity contribution in [2.75, 3.05) is 13.7 Å². The molecule has 22 heavy (non-hydrogen) atoms. The molecule has 1 aromatic rings. The molecule has 1 N–H and O–H groups in total. The monoisotopic (exact) mass is 307 g/mol. The highest BCUT2D eigenvalue weighted by molar-refractivity contribution is 5.69. The van der Waals surface area contributed by atoms with Crippen molar-refractivity contribution in [3.63, 3.8) is 0 Å². The van der Waals surface area contributed by atoms with Crippen LogP contribution in [0.25, 0.3) is 0 Å². The summed E-state index contributed by atoms with van der Waals surface area (Å²) in [5.41, 5.74) is 4.19. The van der Waals surface area contributed by atoms with Crippen molar-refractivity contribution in [1.29, 1.82) is 0 Å². The predicted octanol–water partition coefficient (Wildman–Crippen LogP) is 3.71. The third-order valence-corrected chi connectivity index (χ3v) is 3.80. The van der Waals surface area contributed by atoms with Crippen molar-refractivity contribution in [3.8, 4) is 0 Å². The number of esters is 1. The predicted molar refractivity (Wildman–Crippen MR) is 88.0 cm³/mol. The van der Waals surface area contributed by atoms with E-state index in [1.165, 1.54) is 12.7 Å². The third kappa shape index (κ3) is 8.80. The van der Waals surface area contributed by atoms with Gasteiger partial charge >= 0.3 is 5.97 Å². The van der Waals surface area contributed by atoms with Gasteiger partial charge in [0.15, 0.2) is 0 Å². The van der Waals surface area contributed by atoms with Gasteiger partial charge in [-0.05, 0) is 36.7 Å². The maximum atomic E-state index is 11.1. The van der Waals surface area contributed by atoms with E-state index in [0.717, 1.165) is 25.8 Å². The Hall–Kier alpha value is -1.39. The molecule has 0 spiro atoms. The summed E-state index contributed by atoms with van der Waals surface area (Å²) in [6, 6.07) is 10.1. The Morgan fingerprint density at radius 3 is 2.50 bits per heavy atom. The summed E-state index contributed by atoms with van der Waals surface area (Å²) in [4.78, 5) is 16.6. The standard InChI is InChI=1S/C18H29NO3/c1-15(9-10-18(20)21-3)13-16(2)11-12-19-22-14-17-7-5-4-6-8-17/h4-8,15-16,19H,9-14H2,1-3H3. The number of rotatable bonds is 11. The number of hydrogen-bond donors (Lipinski definition) is 1. The van der Waals surface area contributed by atoms with Crippen LogP contribution in [0.15, 0.2) is 30.3 Å². The Morgan fingerprint density at radius 2 is 1.82 bits per heavy atom. The molecule has 1 aromatic carbocycles. The highest BCUT2D eigenvalue weighted by Crippen LogP contribution is 2.19. The van der Waals surface area contributed by atoms with Crippen LogP contribution < -0.4 is 5.48 Å². The van der Waals surface area contributed by atoms with Gasteiger partial charge in [-0.1, -0.05) is 44.2 Å². The Balaban J connectivity index is 2.03. The first-order valence-electron chi connectivity index (χ1n) is 8.07. The Kier molecular flexibility index (Phi) is 9.51. The second-order valence-corrected chi connectivity index (χ2v) is 6.02. The zero-order valence-corrected chi connectivity index (χ0v) is 14.0. The molecule has 1 rings (SSSR count). The van der Waals surface area contributed by atoms with Gasteiger partial charge in [0.05, 0.1) is 13.7 Å². The van der Waals surface area contributed by atoms with Crippen LogP contribution >= 0.6 is 0 Å². The number of methoxy groups -OCH3 is 1. The zero-order valence-electron chi connectivity index (χ0n) is 14.0. The van der Waals surface area contributed by atoms with E-state index < -0.39 is 0 Å². The molecule has 0 amide bonds. The Bertz CT molecular complexity index is 408. The van der Waals surface area contributed by atoms with Crippen molar-refractivity contribution >= 4 is 5.97 Å². The van der Waals surface area contributed by atoms with Crippen LogP contribution in [0, 0.1) is 11.8 Å². The lowest BCUT2D eigenvalue weighted by Crippen LogP contribution is -2.18. The maximum Gasteiger partial charge on any atom is 0.305 e. The second kappa shape index (κ2) is 11.2. The van der Waals surface area contributed by atoms with Gasteiger partial charge in [-0.25, -0.2) is 5.48 Å². The number of ether oxygens (including phenoxy) is 1. The smallest absolute Gasteiger partial charge is 0.305 e. The minimum atomic E-state index is -0.115. The molecule has 0 bridgehead atoms. The van der Waals surface area contributed by atoms with Crippen molar-refractivity contribution in [2.45, 2.75) is 46.1 Å². The van der Waals surface area contributed by atoms with Crippen molar-refractivity contribution < 1.29 is 14.4 Å². The van der Waals surface area contributed by atoms with Gasteiger partial charge in [-0.2, -0.15) is 0 Å². The van der Waals surface area contributed by atoms with Crippen molar-refractivity contribution in [2.24, 2.45) is 11.8 Å². The summed E-state index contributed by atoms with van der Waals surface area (Å²) in [7, 11) is 1.44. The molecule has 0 aliphatic carbocycles. The summed E-state index contributed by atoms with van der Waals surface area (Å²) in [5, 5.41) is 0. The first-order chi connectivity index (χ1) is 10.6. The van der Waals surface area contributed by atoms with E-state index in [9.17, 15) is 4.79 Å². The third-order valence-electron chi connectivity index (χ3n) is 3.80. The summed E-state index contributed by atoms with van der Waals surface area (Å²) in [5.74, 6) is 1.04. The first kappa shape index (κ1) is 18.7. The lowest BCUT2D eigenvalue weighted by atomic mass is 9.92. The number of benzene rings is 1. The molecule has 0 fully saturated rings.